The molecule has 0 aliphatic carbocycles. The zero-order valence-corrected chi connectivity index (χ0v) is 65.4. The van der Waals surface area contributed by atoms with Gasteiger partial charge in [-0.15, -0.1) is 0 Å². The van der Waals surface area contributed by atoms with Gasteiger partial charge in [-0.05, 0) is 208 Å². The number of pyridine rings is 9. The number of aromatic nitrogens is 15. The van der Waals surface area contributed by atoms with Gasteiger partial charge in [0.1, 0.15) is 17.5 Å². The van der Waals surface area contributed by atoms with Gasteiger partial charge in [-0.3, -0.25) is 29.0 Å². The molecule has 15 heterocycles. The van der Waals surface area contributed by atoms with Gasteiger partial charge >= 0.3 is 7.12 Å². The van der Waals surface area contributed by atoms with Crippen LogP contribution in [-0.2, 0) is 47.9 Å². The summed E-state index contributed by atoms with van der Waals surface area (Å²) in [4.78, 5) is 40.1. The third-order valence-electron chi connectivity index (χ3n) is 20.3. The molecule has 3 aliphatic rings. The van der Waals surface area contributed by atoms with Crippen molar-refractivity contribution in [3.05, 3.63) is 260 Å². The van der Waals surface area contributed by atoms with Crippen molar-refractivity contribution in [2.45, 2.75) is 117 Å². The fraction of sp³-hybridized carbons (Fsp3) is 0.258. The summed E-state index contributed by atoms with van der Waals surface area (Å²) >= 11 is 3.44. The van der Waals surface area contributed by atoms with E-state index >= 15 is 0 Å². The highest BCUT2D eigenvalue weighted by molar-refractivity contribution is 9.10. The topological polar surface area (TPSA) is 245 Å². The highest BCUT2D eigenvalue weighted by Gasteiger charge is 2.52. The fourth-order valence-corrected chi connectivity index (χ4v) is 13.9. The highest BCUT2D eigenvalue weighted by atomic mass is 79.9. The lowest BCUT2D eigenvalue weighted by Crippen LogP contribution is -2.41. The summed E-state index contributed by atoms with van der Waals surface area (Å²) < 4.78 is 84.4. The summed E-state index contributed by atoms with van der Waals surface area (Å²) in [7, 11) is -0.364. The zero-order chi connectivity index (χ0) is 79.3. The van der Waals surface area contributed by atoms with Gasteiger partial charge < -0.3 is 33.4 Å². The monoisotopic (exact) mass is 1620 g/mol. The van der Waals surface area contributed by atoms with Gasteiger partial charge in [-0.1, -0.05) is 43.8 Å². The first-order valence-corrected chi connectivity index (χ1v) is 38.9. The van der Waals surface area contributed by atoms with E-state index in [1.807, 2.05) is 107 Å². The second-order valence-corrected chi connectivity index (χ2v) is 29.6. The molecule has 18 rings (SSSR count). The Morgan fingerprint density at radius 1 is 0.440 bits per heavy atom. The minimum absolute atomic E-state index is 0. The van der Waals surface area contributed by atoms with Crippen LogP contribution < -0.4 is 5.46 Å². The average Bonchev–Trinajstić information content (AvgIpc) is 1.74. The molecule has 2 unspecified atom stereocenters. The van der Waals surface area contributed by atoms with Gasteiger partial charge in [0, 0.05) is 176 Å². The number of halogens is 4. The summed E-state index contributed by atoms with van der Waals surface area (Å²) in [6.45, 7) is 12.7. The number of fused-ring (bicyclic) bond motifs is 3. The maximum atomic E-state index is 14.6. The maximum Gasteiger partial charge on any atom is 0.498 e. The first-order valence-electron chi connectivity index (χ1n) is 38.1. The quantitative estimate of drug-likeness (QED) is 0.0739. The van der Waals surface area contributed by atoms with E-state index in [4.69, 9.17) is 33.4 Å². The molecule has 0 saturated carbocycles. The Bertz CT molecular complexity index is 5850. The molecule has 0 spiro atoms. The standard InChI is InChI=1S/C29H26FN5O2.C24H18FN5O.C19H11BrFN3.C16H27BN2O4.CH4/c30-26-8-2-1-6-24(26)27-15-25(23-7-5-10-32-29(23)34-27)21-14-20(16-31-17-21)22-18-33-35(19-22)11-13-37-28-9-3-4-12-36-28;25-22-6-2-1-4-20(22)23-11-21(19-5-3-7-27-24(19)29-23)17-10-16(12-26-13-17)18-14-28-30(15-18)8-9-31;20-13-8-12(10-22-11-13)16-9-18(15-4-1-2-6-17(15)21)24-19-14(16)5-3-7-23-19;1-15(2)16(3,4)23-17(22-15)13-11-18-19(12-13)8-10-21-14-7-5-6-9-20-14;/h1-2,5-8,10,14-19,28H,3-4,9,11-13H2;1-7,10-15,31H,8-9H2;1-11H;11-12,14H,5-10H2,1-4H3;1H4. The molecule has 116 heavy (non-hydrogen) atoms. The summed E-state index contributed by atoms with van der Waals surface area (Å²) in [5, 5.41) is 24.9. The second-order valence-electron chi connectivity index (χ2n) is 28.7. The molecule has 1 N–H and O–H groups in total. The van der Waals surface area contributed by atoms with Gasteiger partial charge in [0.2, 0.25) is 0 Å². The van der Waals surface area contributed by atoms with E-state index in [0.717, 1.165) is 127 Å². The van der Waals surface area contributed by atoms with Crippen molar-refractivity contribution in [3.63, 3.8) is 0 Å². The lowest BCUT2D eigenvalue weighted by Gasteiger charge is -2.32. The Morgan fingerprint density at radius 3 is 1.23 bits per heavy atom. The average molecular weight is 1630 g/mol. The van der Waals surface area contributed by atoms with Crippen LogP contribution in [-0.4, -0.2) is 143 Å². The largest absolute Gasteiger partial charge is 0.498 e. The van der Waals surface area contributed by atoms with Crippen molar-refractivity contribution >= 4 is 61.6 Å². The number of hydrogen-bond acceptors (Lipinski definition) is 19. The van der Waals surface area contributed by atoms with Crippen molar-refractivity contribution < 1.29 is 46.5 Å². The van der Waals surface area contributed by atoms with Crippen LogP contribution in [0, 0.1) is 17.5 Å². The first-order chi connectivity index (χ1) is 56.1. The Morgan fingerprint density at radius 2 is 0.828 bits per heavy atom. The first kappa shape index (κ1) is 81.1. The van der Waals surface area contributed by atoms with Crippen LogP contribution in [0.15, 0.2) is 243 Å². The third-order valence-corrected chi connectivity index (χ3v) is 20.7. The van der Waals surface area contributed by atoms with Crippen LogP contribution in [0.4, 0.5) is 13.2 Å². The van der Waals surface area contributed by atoms with Crippen LogP contribution in [0.5, 0.6) is 0 Å². The molecule has 0 amide bonds. The van der Waals surface area contributed by atoms with Crippen molar-refractivity contribution in [1.82, 2.24) is 74.2 Å². The van der Waals surface area contributed by atoms with Crippen LogP contribution in [0.2, 0.25) is 0 Å². The minimum Gasteiger partial charge on any atom is -0.399 e. The zero-order valence-electron chi connectivity index (χ0n) is 63.8. The Balaban J connectivity index is 0.000000129. The number of benzene rings is 3. The summed E-state index contributed by atoms with van der Waals surface area (Å²) in [6.07, 6.45) is 33.2. The Hall–Kier alpha value is -11.5. The van der Waals surface area contributed by atoms with E-state index in [-0.39, 0.29) is 62.4 Å². The molecule has 590 valence electrons. The van der Waals surface area contributed by atoms with Crippen LogP contribution in [0.1, 0.15) is 73.6 Å². The molecule has 22 nitrogen and oxygen atoms in total. The van der Waals surface area contributed by atoms with Crippen molar-refractivity contribution in [1.29, 1.82) is 0 Å². The molecular formula is C89H86BBrF3N15O7. The predicted octanol–water partition coefficient (Wildman–Crippen LogP) is 17.9. The lowest BCUT2D eigenvalue weighted by molar-refractivity contribution is -0.164. The summed E-state index contributed by atoms with van der Waals surface area (Å²) in [6, 6.07) is 43.0. The smallest absolute Gasteiger partial charge is 0.399 e. The fourth-order valence-electron chi connectivity index (χ4n) is 13.6. The predicted molar refractivity (Wildman–Crippen MR) is 445 cm³/mol. The van der Waals surface area contributed by atoms with Gasteiger partial charge in [0.05, 0.1) is 80.1 Å². The molecule has 0 bridgehead atoms. The summed E-state index contributed by atoms with van der Waals surface area (Å²) in [5.74, 6) is -0.965. The van der Waals surface area contributed by atoms with E-state index in [1.54, 1.807) is 121 Å². The number of nitrogens with zero attached hydrogens (tertiary/aromatic N) is 15. The number of ether oxygens (including phenoxy) is 4. The third kappa shape index (κ3) is 19.4. The molecule has 3 saturated heterocycles. The highest BCUT2D eigenvalue weighted by Crippen LogP contribution is 2.40. The number of hydrogen-bond donors (Lipinski definition) is 1. The Labute approximate surface area is 678 Å². The molecule has 3 aliphatic heterocycles. The van der Waals surface area contributed by atoms with E-state index in [2.05, 4.69) is 110 Å². The van der Waals surface area contributed by atoms with E-state index in [9.17, 15) is 13.2 Å². The van der Waals surface area contributed by atoms with Crippen molar-refractivity contribution in [2.24, 2.45) is 0 Å². The van der Waals surface area contributed by atoms with E-state index in [1.165, 1.54) is 24.6 Å². The molecular weight excluding hydrogens is 1540 g/mol. The van der Waals surface area contributed by atoms with E-state index < -0.39 is 0 Å². The molecule has 3 aromatic carbocycles. The van der Waals surface area contributed by atoms with Gasteiger partial charge in [0.15, 0.2) is 29.5 Å². The molecule has 0 radical (unpaired) electrons. The van der Waals surface area contributed by atoms with Gasteiger partial charge in [-0.2, -0.15) is 15.3 Å². The minimum atomic E-state index is -0.364. The molecule has 27 heteroatoms. The Kier molecular flexibility index (Phi) is 26.1. The number of aliphatic hydroxyl groups excluding tert-OH is 1. The molecule has 15 aromatic rings. The SMILES string of the molecule is C.CC1(C)OB(c2cnn(CCOC3CCCCO3)c2)OC1(C)C.Fc1ccccc1-c1cc(-c2cncc(-c3cnn(CCOC4CCCCO4)c3)c2)c2cccnc2n1.Fc1ccccc1-c1cc(-c2cncc(Br)c2)c2cccnc2n1.OCCn1cc(-c2cncc(-c3cc(-c4ccccc4F)nc4ncccc34)c2)cn1. The number of rotatable bonds is 19. The van der Waals surface area contributed by atoms with Crippen LogP contribution in [0.3, 0.4) is 0 Å². The second kappa shape index (κ2) is 37.4. The van der Waals surface area contributed by atoms with E-state index in [0.29, 0.717) is 83.6 Å². The lowest BCUT2D eigenvalue weighted by atomic mass is 9.82. The number of aliphatic hydroxyl groups is 1. The van der Waals surface area contributed by atoms with Gasteiger partial charge in [0.25, 0.3) is 0 Å². The normalized spacial score (nSPS) is 15.5. The van der Waals surface area contributed by atoms with Crippen LogP contribution >= 0.6 is 15.9 Å². The maximum absolute atomic E-state index is 14.6. The van der Waals surface area contributed by atoms with Crippen molar-refractivity contribution in [2.75, 3.05) is 33.0 Å². The molecule has 3 fully saturated rings. The van der Waals surface area contributed by atoms with Crippen molar-refractivity contribution in [3.8, 4) is 89.4 Å². The molecule has 12 aromatic heterocycles. The van der Waals surface area contributed by atoms with Gasteiger partial charge in [-0.25, -0.2) is 43.1 Å². The van der Waals surface area contributed by atoms with Crippen LogP contribution in [0.25, 0.3) is 123 Å². The summed E-state index contributed by atoms with van der Waals surface area (Å²) in [5.41, 5.74) is 13.9. The molecule has 2 atom stereocenters.